The number of fused-ring (bicyclic) bond motifs is 2. The van der Waals surface area contributed by atoms with E-state index in [1.165, 1.54) is 26.1 Å². The minimum atomic E-state index is 0.0638. The van der Waals surface area contributed by atoms with E-state index >= 15 is 0 Å². The average molecular weight is 615 g/mol. The molecule has 1 fully saturated rings. The number of benzene rings is 3. The summed E-state index contributed by atoms with van der Waals surface area (Å²) in [6.45, 7) is 10.3. The van der Waals surface area contributed by atoms with Gasteiger partial charge >= 0.3 is 0 Å². The number of carbonyl (C=O) groups excluding carboxylic acids is 1. The third kappa shape index (κ3) is 5.86. The number of carbonyl (C=O) groups is 1. The first-order valence-corrected chi connectivity index (χ1v) is 16.3. The van der Waals surface area contributed by atoms with Gasteiger partial charge in [0, 0.05) is 65.2 Å². The van der Waals surface area contributed by atoms with Gasteiger partial charge in [0.05, 0.1) is 18.5 Å². The Morgan fingerprint density at radius 3 is 2.27 bits per heavy atom. The standard InChI is InChI=1S/C38H38N4O2S/c1-38(2,3)30-14-9-27(10-15-30)37(43)41-21-19-40(20-22-41)25-32-36(26-11-16-31(44-4)17-12-26)39-35-18-13-29(24-42(32)35)34-23-28-7-5-6-8-33(28)45-34/h5-18,23-24H,19-22,25H2,1-4H3. The molecule has 4 heterocycles. The van der Waals surface area contributed by atoms with Crippen LogP contribution in [0.2, 0.25) is 0 Å². The summed E-state index contributed by atoms with van der Waals surface area (Å²) >= 11 is 1.82. The van der Waals surface area contributed by atoms with E-state index in [0.29, 0.717) is 13.1 Å². The summed E-state index contributed by atoms with van der Waals surface area (Å²) in [5.41, 5.74) is 7.34. The molecule has 0 saturated carbocycles. The molecule has 0 radical (unpaired) electrons. The first-order valence-electron chi connectivity index (χ1n) is 15.5. The molecule has 0 atom stereocenters. The van der Waals surface area contributed by atoms with Crippen molar-refractivity contribution >= 4 is 33.0 Å². The quantitative estimate of drug-likeness (QED) is 0.190. The van der Waals surface area contributed by atoms with Crippen LogP contribution in [0, 0.1) is 0 Å². The largest absolute Gasteiger partial charge is 0.497 e. The number of aromatic nitrogens is 2. The van der Waals surface area contributed by atoms with Crippen LogP contribution in [0.4, 0.5) is 0 Å². The van der Waals surface area contributed by atoms with Gasteiger partial charge in [-0.1, -0.05) is 51.1 Å². The molecule has 0 unspecified atom stereocenters. The molecule has 0 N–H and O–H groups in total. The molecule has 228 valence electrons. The van der Waals surface area contributed by atoms with Gasteiger partial charge in [-0.15, -0.1) is 11.3 Å². The number of methoxy groups -OCH3 is 1. The van der Waals surface area contributed by atoms with E-state index < -0.39 is 0 Å². The Kier molecular flexibility index (Phi) is 7.68. The highest BCUT2D eigenvalue weighted by Gasteiger charge is 2.25. The second-order valence-electron chi connectivity index (χ2n) is 12.8. The normalized spacial score (nSPS) is 14.4. The fraction of sp³-hybridized carbons (Fsp3) is 0.263. The number of pyridine rings is 1. The summed E-state index contributed by atoms with van der Waals surface area (Å²) < 4.78 is 8.97. The number of piperazine rings is 1. The van der Waals surface area contributed by atoms with Gasteiger partial charge < -0.3 is 14.0 Å². The van der Waals surface area contributed by atoms with Crippen LogP contribution in [0.5, 0.6) is 5.75 Å². The molecule has 1 amide bonds. The van der Waals surface area contributed by atoms with Crippen molar-refractivity contribution in [1.29, 1.82) is 0 Å². The Balaban J connectivity index is 1.16. The fourth-order valence-corrected chi connectivity index (χ4v) is 7.16. The summed E-state index contributed by atoms with van der Waals surface area (Å²) in [4.78, 5) is 24.2. The van der Waals surface area contributed by atoms with Crippen LogP contribution in [0.15, 0.2) is 97.2 Å². The predicted molar refractivity (Wildman–Crippen MR) is 184 cm³/mol. The highest BCUT2D eigenvalue weighted by atomic mass is 32.1. The molecule has 1 aliphatic rings. The lowest BCUT2D eigenvalue weighted by atomic mass is 9.86. The molecule has 0 aliphatic carbocycles. The molecule has 3 aromatic heterocycles. The zero-order valence-corrected chi connectivity index (χ0v) is 27.1. The molecule has 1 saturated heterocycles. The number of imidazole rings is 1. The van der Waals surface area contributed by atoms with Crippen LogP contribution in [-0.2, 0) is 12.0 Å². The van der Waals surface area contributed by atoms with Crippen molar-refractivity contribution < 1.29 is 9.53 Å². The van der Waals surface area contributed by atoms with Gasteiger partial charge in [-0.3, -0.25) is 9.69 Å². The molecule has 1 aliphatic heterocycles. The summed E-state index contributed by atoms with van der Waals surface area (Å²) in [7, 11) is 1.69. The third-order valence-electron chi connectivity index (χ3n) is 8.82. The molecule has 7 heteroatoms. The van der Waals surface area contributed by atoms with Gasteiger partial charge in [0.25, 0.3) is 5.91 Å². The van der Waals surface area contributed by atoms with Crippen LogP contribution < -0.4 is 4.74 Å². The van der Waals surface area contributed by atoms with E-state index in [4.69, 9.17) is 9.72 Å². The summed E-state index contributed by atoms with van der Waals surface area (Å²) in [6, 6.07) is 31.4. The van der Waals surface area contributed by atoms with Crippen molar-refractivity contribution in [1.82, 2.24) is 19.2 Å². The van der Waals surface area contributed by atoms with Gasteiger partial charge in [0.15, 0.2) is 0 Å². The number of nitrogens with zero attached hydrogens (tertiary/aromatic N) is 4. The average Bonchev–Trinajstić information content (AvgIpc) is 3.66. The second kappa shape index (κ2) is 11.8. The summed E-state index contributed by atoms with van der Waals surface area (Å²) in [5, 5.41) is 1.26. The van der Waals surface area contributed by atoms with Crippen LogP contribution in [0.3, 0.4) is 0 Å². The number of hydrogen-bond donors (Lipinski definition) is 0. The zero-order valence-electron chi connectivity index (χ0n) is 26.3. The summed E-state index contributed by atoms with van der Waals surface area (Å²) in [5.74, 6) is 0.932. The maximum absolute atomic E-state index is 13.4. The van der Waals surface area contributed by atoms with Crippen molar-refractivity contribution in [2.45, 2.75) is 32.7 Å². The van der Waals surface area contributed by atoms with E-state index in [9.17, 15) is 4.79 Å². The third-order valence-corrected chi connectivity index (χ3v) is 9.99. The van der Waals surface area contributed by atoms with E-state index in [1.807, 2.05) is 40.5 Å². The van der Waals surface area contributed by atoms with E-state index in [2.05, 4.69) is 103 Å². The Hall–Kier alpha value is -4.46. The van der Waals surface area contributed by atoms with Crippen molar-refractivity contribution in [3.63, 3.8) is 0 Å². The monoisotopic (exact) mass is 614 g/mol. The predicted octanol–water partition coefficient (Wildman–Crippen LogP) is 8.15. The van der Waals surface area contributed by atoms with Crippen molar-refractivity contribution in [3.05, 3.63) is 114 Å². The molecular formula is C38H38N4O2S. The zero-order chi connectivity index (χ0) is 31.1. The minimum absolute atomic E-state index is 0.0638. The van der Waals surface area contributed by atoms with Gasteiger partial charge in [0.2, 0.25) is 0 Å². The maximum Gasteiger partial charge on any atom is 0.253 e. The van der Waals surface area contributed by atoms with Crippen molar-refractivity contribution in [2.75, 3.05) is 33.3 Å². The smallest absolute Gasteiger partial charge is 0.253 e. The molecule has 6 aromatic rings. The highest BCUT2D eigenvalue weighted by molar-refractivity contribution is 7.22. The number of ether oxygens (including phenoxy) is 1. The lowest BCUT2D eigenvalue weighted by Gasteiger charge is -2.35. The number of thiophene rings is 1. The Bertz CT molecular complexity index is 1940. The number of rotatable bonds is 6. The van der Waals surface area contributed by atoms with Crippen molar-refractivity contribution in [3.8, 4) is 27.4 Å². The van der Waals surface area contributed by atoms with Crippen molar-refractivity contribution in [2.24, 2.45) is 0 Å². The highest BCUT2D eigenvalue weighted by Crippen LogP contribution is 2.35. The molecule has 6 nitrogen and oxygen atoms in total. The molecule has 45 heavy (non-hydrogen) atoms. The molecule has 0 spiro atoms. The SMILES string of the molecule is COc1ccc(-c2nc3ccc(-c4cc5ccccc5s4)cn3c2CN2CCN(C(=O)c3ccc(C(C)(C)C)cc3)CC2)cc1. The lowest BCUT2D eigenvalue weighted by Crippen LogP contribution is -2.48. The second-order valence-corrected chi connectivity index (χ2v) is 13.9. The summed E-state index contributed by atoms with van der Waals surface area (Å²) in [6.07, 6.45) is 2.23. The van der Waals surface area contributed by atoms with Gasteiger partial charge in [-0.05, 0) is 77.0 Å². The first kappa shape index (κ1) is 29.3. The van der Waals surface area contributed by atoms with Crippen LogP contribution in [0.1, 0.15) is 42.4 Å². The molecule has 3 aromatic carbocycles. The molecule has 7 rings (SSSR count). The Morgan fingerprint density at radius 2 is 1.58 bits per heavy atom. The van der Waals surface area contributed by atoms with Gasteiger partial charge in [-0.25, -0.2) is 4.98 Å². The van der Waals surface area contributed by atoms with Crippen LogP contribution in [-0.4, -0.2) is 58.4 Å². The molecular weight excluding hydrogens is 577 g/mol. The van der Waals surface area contributed by atoms with E-state index in [1.54, 1.807) is 7.11 Å². The minimum Gasteiger partial charge on any atom is -0.497 e. The molecule has 0 bridgehead atoms. The van der Waals surface area contributed by atoms with Gasteiger partial charge in [-0.2, -0.15) is 0 Å². The fourth-order valence-electron chi connectivity index (χ4n) is 6.11. The van der Waals surface area contributed by atoms with Crippen LogP contribution >= 0.6 is 11.3 Å². The maximum atomic E-state index is 13.4. The lowest BCUT2D eigenvalue weighted by molar-refractivity contribution is 0.0627. The first-order chi connectivity index (χ1) is 21.8. The number of amides is 1. The number of hydrogen-bond acceptors (Lipinski definition) is 5. The Labute approximate surface area is 268 Å². The van der Waals surface area contributed by atoms with E-state index in [-0.39, 0.29) is 11.3 Å². The Morgan fingerprint density at radius 1 is 0.867 bits per heavy atom. The van der Waals surface area contributed by atoms with Gasteiger partial charge in [0.1, 0.15) is 11.4 Å². The van der Waals surface area contributed by atoms with Crippen LogP contribution in [0.25, 0.3) is 37.4 Å². The topological polar surface area (TPSA) is 50.1 Å². The van der Waals surface area contributed by atoms with E-state index in [0.717, 1.165) is 53.5 Å².